The second kappa shape index (κ2) is 13.6. The number of benzene rings is 4. The van der Waals surface area contributed by atoms with Crippen LogP contribution in [-0.4, -0.2) is 21.2 Å². The van der Waals surface area contributed by atoms with Crippen LogP contribution >= 0.6 is 0 Å². The third kappa shape index (κ3) is 6.99. The van der Waals surface area contributed by atoms with Crippen molar-refractivity contribution in [2.75, 3.05) is 7.11 Å². The van der Waals surface area contributed by atoms with Crippen LogP contribution in [0.3, 0.4) is 0 Å². The summed E-state index contributed by atoms with van der Waals surface area (Å²) in [5, 5.41) is 4.93. The molecule has 0 saturated heterocycles. The van der Waals surface area contributed by atoms with Crippen molar-refractivity contribution < 1.29 is 4.74 Å². The second-order valence-corrected chi connectivity index (χ2v) is 11.3. The molecule has 2 aromatic heterocycles. The van der Waals surface area contributed by atoms with E-state index in [-0.39, 0.29) is 17.6 Å². The Kier molecular flexibility index (Phi) is 9.41. The molecule has 6 rings (SSSR count). The number of hydrogen-bond acceptors (Lipinski definition) is 4. The number of pyridine rings is 1. The summed E-state index contributed by atoms with van der Waals surface area (Å²) >= 11 is 0. The van der Waals surface area contributed by atoms with Crippen LogP contribution in [0.5, 0.6) is 5.75 Å². The molecule has 0 aliphatic rings. The third-order valence-corrected chi connectivity index (χ3v) is 8.01. The SMILES string of the molecule is COc1ccc([C@H](C)N[C@H](c2ccc(C)cc2)c2ccc3c(c2)c(-c2cccc(C)c2)cc(=O)n3C)cc1.Cn1ccnc1. The monoisotopic (exact) mass is 584 g/mol. The van der Waals surface area contributed by atoms with Crippen LogP contribution in [0.2, 0.25) is 0 Å². The minimum absolute atomic E-state index is 0.0110. The predicted octanol–water partition coefficient (Wildman–Crippen LogP) is 7.69. The number of ether oxygens (including phenoxy) is 1. The van der Waals surface area contributed by atoms with E-state index in [9.17, 15) is 4.79 Å². The van der Waals surface area contributed by atoms with Gasteiger partial charge < -0.3 is 13.9 Å². The molecule has 0 spiro atoms. The summed E-state index contributed by atoms with van der Waals surface area (Å²) in [7, 11) is 5.46. The van der Waals surface area contributed by atoms with Gasteiger partial charge in [0.15, 0.2) is 0 Å². The molecule has 4 aromatic carbocycles. The van der Waals surface area contributed by atoms with Gasteiger partial charge in [0, 0.05) is 44.0 Å². The summed E-state index contributed by atoms with van der Waals surface area (Å²) in [6.45, 7) is 6.37. The van der Waals surface area contributed by atoms with Crippen LogP contribution in [0, 0.1) is 13.8 Å². The minimum Gasteiger partial charge on any atom is -0.497 e. The van der Waals surface area contributed by atoms with Gasteiger partial charge in [-0.3, -0.25) is 10.1 Å². The van der Waals surface area contributed by atoms with Crippen molar-refractivity contribution in [2.45, 2.75) is 32.9 Å². The zero-order valence-corrected chi connectivity index (χ0v) is 26.3. The van der Waals surface area contributed by atoms with Crippen LogP contribution in [-0.2, 0) is 14.1 Å². The van der Waals surface area contributed by atoms with Crippen molar-refractivity contribution >= 4 is 10.9 Å². The summed E-state index contributed by atoms with van der Waals surface area (Å²) in [5.41, 5.74) is 8.84. The van der Waals surface area contributed by atoms with Gasteiger partial charge in [0.05, 0.1) is 25.0 Å². The van der Waals surface area contributed by atoms with Crippen molar-refractivity contribution in [1.29, 1.82) is 0 Å². The van der Waals surface area contributed by atoms with Gasteiger partial charge in [-0.2, -0.15) is 0 Å². The quantitative estimate of drug-likeness (QED) is 0.209. The van der Waals surface area contributed by atoms with Crippen molar-refractivity contribution in [3.05, 3.63) is 154 Å². The van der Waals surface area contributed by atoms with Crippen molar-refractivity contribution in [3.8, 4) is 16.9 Å². The van der Waals surface area contributed by atoms with E-state index in [4.69, 9.17) is 4.74 Å². The van der Waals surface area contributed by atoms with Crippen LogP contribution in [0.1, 0.15) is 46.8 Å². The van der Waals surface area contributed by atoms with Crippen LogP contribution in [0.4, 0.5) is 0 Å². The lowest BCUT2D eigenvalue weighted by Gasteiger charge is -2.26. The Morgan fingerprint density at radius 1 is 0.795 bits per heavy atom. The molecule has 2 heterocycles. The highest BCUT2D eigenvalue weighted by Crippen LogP contribution is 2.33. The molecule has 0 unspecified atom stereocenters. The van der Waals surface area contributed by atoms with Gasteiger partial charge in [-0.1, -0.05) is 77.9 Å². The van der Waals surface area contributed by atoms with Crippen molar-refractivity contribution in [1.82, 2.24) is 19.4 Å². The largest absolute Gasteiger partial charge is 0.497 e. The van der Waals surface area contributed by atoms with E-state index in [2.05, 4.69) is 104 Å². The lowest BCUT2D eigenvalue weighted by Crippen LogP contribution is -2.26. The molecular weight excluding hydrogens is 544 g/mol. The molecule has 0 aliphatic heterocycles. The number of nitrogens with one attached hydrogen (secondary N) is 1. The Morgan fingerprint density at radius 2 is 1.50 bits per heavy atom. The fraction of sp³-hybridized carbons (Fsp3) is 0.211. The molecule has 0 radical (unpaired) electrons. The minimum atomic E-state index is -0.0419. The number of hydrogen-bond donors (Lipinski definition) is 1. The normalized spacial score (nSPS) is 12.3. The molecule has 1 N–H and O–H groups in total. The van der Waals surface area contributed by atoms with Gasteiger partial charge in [0.1, 0.15) is 5.75 Å². The van der Waals surface area contributed by atoms with E-state index in [1.54, 1.807) is 30.3 Å². The Bertz CT molecular complexity index is 1890. The summed E-state index contributed by atoms with van der Waals surface area (Å²) in [6.07, 6.45) is 5.39. The fourth-order valence-electron chi connectivity index (χ4n) is 5.42. The zero-order chi connectivity index (χ0) is 31.2. The van der Waals surface area contributed by atoms with E-state index in [1.165, 1.54) is 22.3 Å². The second-order valence-electron chi connectivity index (χ2n) is 11.3. The Balaban J connectivity index is 0.000000573. The molecule has 0 amide bonds. The first-order valence-electron chi connectivity index (χ1n) is 14.8. The number of fused-ring (bicyclic) bond motifs is 1. The zero-order valence-electron chi connectivity index (χ0n) is 26.3. The molecule has 0 bridgehead atoms. The number of nitrogens with zero attached hydrogens (tertiary/aromatic N) is 3. The number of imidazole rings is 1. The van der Waals surface area contributed by atoms with Gasteiger partial charge in [0.25, 0.3) is 5.56 Å². The first-order chi connectivity index (χ1) is 21.2. The Labute approximate surface area is 259 Å². The smallest absolute Gasteiger partial charge is 0.251 e. The molecule has 2 atom stereocenters. The average Bonchev–Trinajstić information content (AvgIpc) is 3.53. The van der Waals surface area contributed by atoms with E-state index in [0.29, 0.717) is 0 Å². The van der Waals surface area contributed by atoms with Gasteiger partial charge in [0.2, 0.25) is 0 Å². The third-order valence-electron chi connectivity index (χ3n) is 8.01. The number of aryl methyl sites for hydroxylation is 4. The maximum Gasteiger partial charge on any atom is 0.251 e. The summed E-state index contributed by atoms with van der Waals surface area (Å²) in [6, 6.07) is 33.5. The van der Waals surface area contributed by atoms with E-state index in [0.717, 1.165) is 33.3 Å². The van der Waals surface area contributed by atoms with Crippen molar-refractivity contribution in [2.24, 2.45) is 14.1 Å². The standard InChI is InChI=1S/C34H34N2O2.C4H6N2/c1-22-9-11-26(12-10-22)34(35-24(3)25-13-16-29(38-5)17-14-25)28-15-18-32-31(20-28)30(21-33(37)36(32)4)27-8-6-7-23(2)19-27;1-6-3-2-5-4-6/h6-21,24,34-35H,1-5H3;2-4H,1H3/t24-,34+;/m0./s1. The van der Waals surface area contributed by atoms with E-state index in [1.807, 2.05) is 43.1 Å². The van der Waals surface area contributed by atoms with Gasteiger partial charge in [-0.25, -0.2) is 4.98 Å². The fourth-order valence-corrected chi connectivity index (χ4v) is 5.42. The molecule has 0 fully saturated rings. The van der Waals surface area contributed by atoms with Crippen LogP contribution in [0.15, 0.2) is 121 Å². The molecule has 6 heteroatoms. The number of rotatable bonds is 7. The van der Waals surface area contributed by atoms with Gasteiger partial charge in [-0.15, -0.1) is 0 Å². The molecule has 224 valence electrons. The Morgan fingerprint density at radius 3 is 2.11 bits per heavy atom. The molecular formula is C38H40N4O2. The van der Waals surface area contributed by atoms with Crippen molar-refractivity contribution in [3.63, 3.8) is 0 Å². The Hall–Kier alpha value is -4.94. The lowest BCUT2D eigenvalue weighted by molar-refractivity contribution is 0.414. The molecule has 44 heavy (non-hydrogen) atoms. The highest BCUT2D eigenvalue weighted by molar-refractivity contribution is 5.95. The van der Waals surface area contributed by atoms with Crippen LogP contribution < -0.4 is 15.6 Å². The lowest BCUT2D eigenvalue weighted by atomic mass is 9.92. The summed E-state index contributed by atoms with van der Waals surface area (Å²) in [4.78, 5) is 16.7. The topological polar surface area (TPSA) is 61.1 Å². The molecule has 0 aliphatic carbocycles. The predicted molar refractivity (Wildman–Crippen MR) is 180 cm³/mol. The highest BCUT2D eigenvalue weighted by Gasteiger charge is 2.20. The van der Waals surface area contributed by atoms with Gasteiger partial charge in [-0.05, 0) is 72.9 Å². The molecule has 6 aromatic rings. The first kappa shape index (κ1) is 30.5. The molecule has 0 saturated carbocycles. The first-order valence-corrected chi connectivity index (χ1v) is 14.8. The maximum absolute atomic E-state index is 12.9. The van der Waals surface area contributed by atoms with E-state index >= 15 is 0 Å². The maximum atomic E-state index is 12.9. The number of methoxy groups -OCH3 is 1. The van der Waals surface area contributed by atoms with Crippen LogP contribution in [0.25, 0.3) is 22.0 Å². The summed E-state index contributed by atoms with van der Waals surface area (Å²) in [5.74, 6) is 0.847. The average molecular weight is 585 g/mol. The summed E-state index contributed by atoms with van der Waals surface area (Å²) < 4.78 is 8.97. The molecule has 6 nitrogen and oxygen atoms in total. The van der Waals surface area contributed by atoms with Gasteiger partial charge >= 0.3 is 0 Å². The highest BCUT2D eigenvalue weighted by atomic mass is 16.5. The number of aromatic nitrogens is 3. The van der Waals surface area contributed by atoms with E-state index < -0.39 is 0 Å².